The van der Waals surface area contributed by atoms with Crippen LogP contribution in [0.25, 0.3) is 16.6 Å². The van der Waals surface area contributed by atoms with E-state index >= 15 is 0 Å². The molecule has 2 aromatic heterocycles. The van der Waals surface area contributed by atoms with Crippen molar-refractivity contribution in [2.75, 3.05) is 25.1 Å². The number of nitro benzene ring substituents is 1. The zero-order valence-electron chi connectivity index (χ0n) is 13.8. The van der Waals surface area contributed by atoms with Gasteiger partial charge in [0, 0.05) is 25.2 Å². The van der Waals surface area contributed by atoms with Crippen molar-refractivity contribution in [1.29, 1.82) is 0 Å². The molecule has 0 radical (unpaired) electrons. The van der Waals surface area contributed by atoms with Crippen molar-refractivity contribution in [3.63, 3.8) is 0 Å². The van der Waals surface area contributed by atoms with Crippen molar-refractivity contribution in [2.24, 2.45) is 0 Å². The normalized spacial score (nSPS) is 13.4. The fourth-order valence-corrected chi connectivity index (χ4v) is 3.13. The summed E-state index contributed by atoms with van der Waals surface area (Å²) in [5.74, 6) is -0.352. The number of nitro groups is 1. The van der Waals surface area contributed by atoms with Crippen molar-refractivity contribution >= 4 is 34.0 Å². The van der Waals surface area contributed by atoms with Gasteiger partial charge < -0.3 is 9.64 Å². The number of pyridine rings is 1. The molecule has 3 heterocycles. The molecule has 11 heteroatoms. The van der Waals surface area contributed by atoms with Gasteiger partial charge in [-0.2, -0.15) is 4.98 Å². The van der Waals surface area contributed by atoms with E-state index in [-0.39, 0.29) is 34.5 Å². The third kappa shape index (κ3) is 2.74. The number of nitrogens with zero attached hydrogens (tertiary/aromatic N) is 5. The molecule has 0 aliphatic carbocycles. The van der Waals surface area contributed by atoms with Gasteiger partial charge in [-0.25, -0.2) is 14.2 Å². The van der Waals surface area contributed by atoms with Crippen molar-refractivity contribution in [2.45, 2.75) is 0 Å². The number of benzene rings is 1. The van der Waals surface area contributed by atoms with Crippen molar-refractivity contribution < 1.29 is 14.1 Å². The van der Waals surface area contributed by atoms with Crippen LogP contribution < -0.4 is 15.3 Å². The highest BCUT2D eigenvalue weighted by Gasteiger charge is 2.25. The Bertz CT molecular complexity index is 1170. The summed E-state index contributed by atoms with van der Waals surface area (Å²) in [6.45, 7) is 0.735. The summed E-state index contributed by atoms with van der Waals surface area (Å²) in [6, 6.07) is 4.27. The summed E-state index contributed by atoms with van der Waals surface area (Å²) < 4.78 is 21.0. The summed E-state index contributed by atoms with van der Waals surface area (Å²) in [5, 5.41) is 11.5. The van der Waals surface area contributed by atoms with Crippen LogP contribution in [0.4, 0.5) is 15.9 Å². The van der Waals surface area contributed by atoms with E-state index in [0.29, 0.717) is 17.7 Å². The summed E-state index contributed by atoms with van der Waals surface area (Å²) >= 11 is 6.06. The van der Waals surface area contributed by atoms with Gasteiger partial charge in [-0.05, 0) is 6.07 Å². The molecule has 1 aromatic carbocycles. The van der Waals surface area contributed by atoms with Gasteiger partial charge in [0.15, 0.2) is 0 Å². The molecular weight excluding hydrogens is 381 g/mol. The van der Waals surface area contributed by atoms with E-state index in [1.54, 1.807) is 11.9 Å². The molecular formula is C16H11ClFN5O4. The first-order valence-corrected chi connectivity index (χ1v) is 8.16. The van der Waals surface area contributed by atoms with E-state index in [9.17, 15) is 19.3 Å². The lowest BCUT2D eigenvalue weighted by Gasteiger charge is -2.18. The zero-order valence-corrected chi connectivity index (χ0v) is 14.6. The van der Waals surface area contributed by atoms with E-state index in [0.717, 1.165) is 22.8 Å². The Morgan fingerprint density at radius 2 is 2.11 bits per heavy atom. The number of aromatic nitrogens is 3. The number of anilines is 1. The van der Waals surface area contributed by atoms with Gasteiger partial charge in [0.05, 0.1) is 22.7 Å². The maximum absolute atomic E-state index is 14.5. The zero-order chi connectivity index (χ0) is 19.3. The number of hydrogen-bond donors (Lipinski definition) is 0. The van der Waals surface area contributed by atoms with Crippen LogP contribution in [-0.4, -0.2) is 39.7 Å². The first-order valence-electron chi connectivity index (χ1n) is 7.78. The highest BCUT2D eigenvalue weighted by atomic mass is 35.5. The van der Waals surface area contributed by atoms with Crippen LogP contribution in [0.5, 0.6) is 5.88 Å². The first-order chi connectivity index (χ1) is 12.9. The molecule has 0 fully saturated rings. The van der Waals surface area contributed by atoms with Crippen LogP contribution in [0, 0.1) is 15.9 Å². The Morgan fingerprint density at radius 1 is 1.33 bits per heavy atom. The van der Waals surface area contributed by atoms with Crippen LogP contribution in [0.15, 0.2) is 29.1 Å². The highest BCUT2D eigenvalue weighted by molar-refractivity contribution is 6.30. The quantitative estimate of drug-likeness (QED) is 0.375. The summed E-state index contributed by atoms with van der Waals surface area (Å²) in [7, 11) is 1.73. The van der Waals surface area contributed by atoms with Crippen molar-refractivity contribution in [3.05, 3.63) is 55.8 Å². The Hall–Kier alpha value is -3.27. The fourth-order valence-electron chi connectivity index (χ4n) is 2.95. The second-order valence-electron chi connectivity index (χ2n) is 5.86. The molecule has 1 aliphatic heterocycles. The average Bonchev–Trinajstić information content (AvgIpc) is 2.75. The molecule has 4 rings (SSSR count). The number of non-ortho nitro benzene ring substituents is 1. The molecule has 0 saturated carbocycles. The molecule has 27 heavy (non-hydrogen) atoms. The van der Waals surface area contributed by atoms with Crippen LogP contribution in [-0.2, 0) is 0 Å². The Kier molecular flexibility index (Phi) is 3.92. The molecule has 0 N–H and O–H groups in total. The molecule has 9 nitrogen and oxygen atoms in total. The maximum Gasteiger partial charge on any atom is 0.354 e. The van der Waals surface area contributed by atoms with Gasteiger partial charge in [-0.1, -0.05) is 11.6 Å². The van der Waals surface area contributed by atoms with E-state index in [1.165, 1.54) is 6.07 Å². The monoisotopic (exact) mass is 391 g/mol. The average molecular weight is 392 g/mol. The maximum atomic E-state index is 14.5. The van der Waals surface area contributed by atoms with Gasteiger partial charge in [0.25, 0.3) is 5.69 Å². The van der Waals surface area contributed by atoms with E-state index in [4.69, 9.17) is 16.3 Å². The summed E-state index contributed by atoms with van der Waals surface area (Å²) in [5.41, 5.74) is -1.30. The fraction of sp³-hybridized carbons (Fsp3) is 0.188. The lowest BCUT2D eigenvalue weighted by molar-refractivity contribution is -0.384. The second kappa shape index (κ2) is 6.16. The minimum Gasteiger partial charge on any atom is -0.475 e. The molecule has 138 valence electrons. The molecule has 1 aliphatic rings. The minimum absolute atomic E-state index is 0.0261. The topological polar surface area (TPSA) is 103 Å². The van der Waals surface area contributed by atoms with E-state index in [2.05, 4.69) is 9.97 Å². The first kappa shape index (κ1) is 17.2. The Labute approximate surface area is 155 Å². The van der Waals surface area contributed by atoms with Gasteiger partial charge in [-0.15, -0.1) is 0 Å². The lowest BCUT2D eigenvalue weighted by Crippen LogP contribution is -2.28. The third-order valence-electron chi connectivity index (χ3n) is 4.20. The van der Waals surface area contributed by atoms with Gasteiger partial charge in [-0.3, -0.25) is 14.7 Å². The summed E-state index contributed by atoms with van der Waals surface area (Å²) in [4.78, 5) is 33.0. The Balaban J connectivity index is 2.15. The van der Waals surface area contributed by atoms with Gasteiger partial charge in [0.1, 0.15) is 28.8 Å². The molecule has 0 unspecified atom stereocenters. The SMILES string of the molecule is CN1CCOc2nc(Cl)cc3c2c1nc(=O)n3-c1cc([N+](=O)[O-])ccc1F. The molecule has 0 atom stereocenters. The largest absolute Gasteiger partial charge is 0.475 e. The summed E-state index contributed by atoms with van der Waals surface area (Å²) in [6.07, 6.45) is 0. The van der Waals surface area contributed by atoms with Crippen molar-refractivity contribution in [1.82, 2.24) is 14.5 Å². The smallest absolute Gasteiger partial charge is 0.354 e. The van der Waals surface area contributed by atoms with E-state index in [1.807, 2.05) is 0 Å². The standard InChI is InChI=1S/C16H11ClFN5O4/c1-21-4-5-27-15-13-11(7-12(17)19-15)22(16(24)20-14(13)21)10-6-8(23(25)26)2-3-9(10)18/h2-3,6-7H,4-5H2,1H3. The van der Waals surface area contributed by atoms with Crippen LogP contribution in [0.1, 0.15) is 0 Å². The van der Waals surface area contributed by atoms with Crippen LogP contribution in [0.2, 0.25) is 5.15 Å². The number of halogens is 2. The molecule has 0 amide bonds. The predicted molar refractivity (Wildman–Crippen MR) is 95.5 cm³/mol. The van der Waals surface area contributed by atoms with Crippen molar-refractivity contribution in [3.8, 4) is 11.6 Å². The third-order valence-corrected chi connectivity index (χ3v) is 4.39. The molecule has 0 spiro atoms. The van der Waals surface area contributed by atoms with Gasteiger partial charge in [0.2, 0.25) is 5.88 Å². The highest BCUT2D eigenvalue weighted by Crippen LogP contribution is 2.35. The Morgan fingerprint density at radius 3 is 2.85 bits per heavy atom. The molecule has 0 saturated heterocycles. The lowest BCUT2D eigenvalue weighted by atomic mass is 10.2. The number of ether oxygens (including phenoxy) is 1. The number of rotatable bonds is 2. The van der Waals surface area contributed by atoms with Gasteiger partial charge >= 0.3 is 5.69 Å². The molecule has 0 bridgehead atoms. The van der Waals surface area contributed by atoms with Crippen LogP contribution in [0.3, 0.4) is 0 Å². The van der Waals surface area contributed by atoms with Crippen LogP contribution >= 0.6 is 11.6 Å². The predicted octanol–water partition coefficient (Wildman–Crippen LogP) is 2.31. The number of likely N-dealkylation sites (N-methyl/N-ethyl adjacent to an activating group) is 1. The molecule has 3 aromatic rings. The second-order valence-corrected chi connectivity index (χ2v) is 6.25. The minimum atomic E-state index is -0.822. The number of hydrogen-bond acceptors (Lipinski definition) is 7. The van der Waals surface area contributed by atoms with E-state index < -0.39 is 16.4 Å².